The molecule has 2 rings (SSSR count). The molecule has 0 unspecified atom stereocenters. The lowest BCUT2D eigenvalue weighted by Crippen LogP contribution is -2.03. The molecule has 2 N–H and O–H groups in total. The number of nitrogens with zero attached hydrogens (tertiary/aromatic N) is 2. The Bertz CT molecular complexity index is 696. The minimum atomic E-state index is -1.16. The van der Waals surface area contributed by atoms with Gasteiger partial charge in [0.15, 0.2) is 5.13 Å². The minimum Gasteiger partial charge on any atom is -0.478 e. The maximum atomic E-state index is 11.2. The van der Waals surface area contributed by atoms with Crippen LogP contribution in [0.2, 0.25) is 0 Å². The number of thiazole rings is 1. The van der Waals surface area contributed by atoms with E-state index in [4.69, 9.17) is 5.11 Å². The third-order valence-corrected chi connectivity index (χ3v) is 3.58. The van der Waals surface area contributed by atoms with Crippen LogP contribution in [0.15, 0.2) is 23.6 Å². The van der Waals surface area contributed by atoms with Gasteiger partial charge in [0.25, 0.3) is 5.69 Å². The van der Waals surface area contributed by atoms with Crippen LogP contribution < -0.4 is 5.32 Å². The Balaban J connectivity index is 2.38. The van der Waals surface area contributed by atoms with Crippen LogP contribution in [-0.4, -0.2) is 21.0 Å². The van der Waals surface area contributed by atoms with Gasteiger partial charge in [0, 0.05) is 17.5 Å². The van der Waals surface area contributed by atoms with E-state index in [0.29, 0.717) is 5.13 Å². The van der Waals surface area contributed by atoms with Gasteiger partial charge < -0.3 is 10.4 Å². The number of aromatic nitrogens is 1. The predicted molar refractivity (Wildman–Crippen MR) is 79.5 cm³/mol. The third-order valence-electron chi connectivity index (χ3n) is 2.80. The molecule has 0 saturated carbocycles. The van der Waals surface area contributed by atoms with Crippen molar-refractivity contribution >= 4 is 33.8 Å². The van der Waals surface area contributed by atoms with E-state index < -0.39 is 10.9 Å². The molecule has 0 aliphatic rings. The number of benzene rings is 1. The lowest BCUT2D eigenvalue weighted by molar-refractivity contribution is -0.384. The summed E-state index contributed by atoms with van der Waals surface area (Å²) in [5.74, 6) is -0.908. The molecule has 0 bridgehead atoms. The fourth-order valence-electron chi connectivity index (χ4n) is 1.66. The number of nitro groups is 1. The first-order chi connectivity index (χ1) is 9.88. The Morgan fingerprint density at radius 1 is 1.48 bits per heavy atom. The van der Waals surface area contributed by atoms with Crippen molar-refractivity contribution in [2.45, 2.75) is 19.8 Å². The van der Waals surface area contributed by atoms with E-state index in [9.17, 15) is 14.9 Å². The molecule has 110 valence electrons. The van der Waals surface area contributed by atoms with Crippen molar-refractivity contribution in [2.24, 2.45) is 0 Å². The molecule has 0 spiro atoms. The molecule has 2 aromatic rings. The van der Waals surface area contributed by atoms with Crippen molar-refractivity contribution in [2.75, 3.05) is 5.32 Å². The zero-order valence-electron chi connectivity index (χ0n) is 11.4. The number of nitrogens with one attached hydrogen (secondary N) is 1. The van der Waals surface area contributed by atoms with Crippen molar-refractivity contribution in [3.05, 3.63) is 45.0 Å². The highest BCUT2D eigenvalue weighted by Gasteiger charge is 2.16. The third kappa shape index (κ3) is 3.34. The second kappa shape index (κ2) is 5.88. The number of non-ortho nitro benzene ring substituents is 1. The van der Waals surface area contributed by atoms with E-state index >= 15 is 0 Å². The average Bonchev–Trinajstić information content (AvgIpc) is 2.87. The standard InChI is InChI=1S/C13H13N3O4S/c1-7(2)11-6-21-13(15-11)14-10-5-8(16(19)20)3-4-9(10)12(17)18/h3-7H,1-2H3,(H,14,15)(H,17,18). The Kier molecular flexibility index (Phi) is 4.18. The van der Waals surface area contributed by atoms with Gasteiger partial charge in [-0.05, 0) is 12.0 Å². The highest BCUT2D eigenvalue weighted by molar-refractivity contribution is 7.13. The topological polar surface area (TPSA) is 105 Å². The SMILES string of the molecule is CC(C)c1csc(Nc2cc([N+](=O)[O-])ccc2C(=O)O)n1. The number of hydrogen-bond acceptors (Lipinski definition) is 6. The Morgan fingerprint density at radius 3 is 2.71 bits per heavy atom. The summed E-state index contributed by atoms with van der Waals surface area (Å²) in [6, 6.07) is 3.57. The molecule has 0 fully saturated rings. The van der Waals surface area contributed by atoms with E-state index in [1.807, 2.05) is 19.2 Å². The number of carboxylic acid groups (broad SMARTS) is 1. The molecular weight excluding hydrogens is 294 g/mol. The quantitative estimate of drug-likeness (QED) is 0.645. The summed E-state index contributed by atoms with van der Waals surface area (Å²) in [5, 5.41) is 25.2. The number of rotatable bonds is 5. The second-order valence-electron chi connectivity index (χ2n) is 4.65. The summed E-state index contributed by atoms with van der Waals surface area (Å²) in [6.45, 7) is 3.99. The fraction of sp³-hybridized carbons (Fsp3) is 0.231. The molecule has 0 aliphatic heterocycles. The van der Waals surface area contributed by atoms with E-state index in [2.05, 4.69) is 10.3 Å². The van der Waals surface area contributed by atoms with Crippen LogP contribution in [0.5, 0.6) is 0 Å². The van der Waals surface area contributed by atoms with Crippen LogP contribution in [0.3, 0.4) is 0 Å². The number of nitro benzene ring substituents is 1. The van der Waals surface area contributed by atoms with Crippen molar-refractivity contribution in [3.8, 4) is 0 Å². The van der Waals surface area contributed by atoms with Gasteiger partial charge in [0.2, 0.25) is 0 Å². The number of carboxylic acids is 1. The molecule has 0 aliphatic carbocycles. The highest BCUT2D eigenvalue weighted by atomic mass is 32.1. The largest absolute Gasteiger partial charge is 0.478 e. The van der Waals surface area contributed by atoms with Gasteiger partial charge in [-0.15, -0.1) is 11.3 Å². The first-order valence-electron chi connectivity index (χ1n) is 6.12. The number of aromatic carboxylic acids is 1. The van der Waals surface area contributed by atoms with Crippen LogP contribution in [0.25, 0.3) is 0 Å². The molecule has 0 radical (unpaired) electrons. The normalized spacial score (nSPS) is 10.6. The van der Waals surface area contributed by atoms with Gasteiger partial charge in [-0.25, -0.2) is 9.78 Å². The molecule has 21 heavy (non-hydrogen) atoms. The Hall–Kier alpha value is -2.48. The zero-order chi connectivity index (χ0) is 15.6. The summed E-state index contributed by atoms with van der Waals surface area (Å²) < 4.78 is 0. The van der Waals surface area contributed by atoms with Crippen molar-refractivity contribution in [1.82, 2.24) is 4.98 Å². The molecule has 8 heteroatoms. The lowest BCUT2D eigenvalue weighted by atomic mass is 10.1. The van der Waals surface area contributed by atoms with Gasteiger partial charge in [0.1, 0.15) is 0 Å². The van der Waals surface area contributed by atoms with Crippen molar-refractivity contribution < 1.29 is 14.8 Å². The van der Waals surface area contributed by atoms with Crippen LogP contribution in [-0.2, 0) is 0 Å². The maximum absolute atomic E-state index is 11.2. The van der Waals surface area contributed by atoms with Gasteiger partial charge in [-0.2, -0.15) is 0 Å². The predicted octanol–water partition coefficient (Wildman–Crippen LogP) is 3.62. The summed E-state index contributed by atoms with van der Waals surface area (Å²) in [4.78, 5) is 25.7. The molecular formula is C13H13N3O4S. The number of anilines is 2. The van der Waals surface area contributed by atoms with Gasteiger partial charge in [-0.3, -0.25) is 10.1 Å². The Morgan fingerprint density at radius 2 is 2.19 bits per heavy atom. The van der Waals surface area contributed by atoms with Crippen molar-refractivity contribution in [3.63, 3.8) is 0 Å². The van der Waals surface area contributed by atoms with Crippen molar-refractivity contribution in [1.29, 1.82) is 0 Å². The molecule has 7 nitrogen and oxygen atoms in total. The summed E-state index contributed by atoms with van der Waals surface area (Å²) in [5.41, 5.74) is 0.816. The molecule has 1 heterocycles. The zero-order valence-corrected chi connectivity index (χ0v) is 12.2. The smallest absolute Gasteiger partial charge is 0.337 e. The van der Waals surface area contributed by atoms with Crippen LogP contribution in [0, 0.1) is 10.1 Å². The summed E-state index contributed by atoms with van der Waals surface area (Å²) in [7, 11) is 0. The molecule has 1 aromatic carbocycles. The molecule has 0 atom stereocenters. The Labute approximate surface area is 124 Å². The fourth-order valence-corrected chi connectivity index (χ4v) is 2.54. The van der Waals surface area contributed by atoms with Gasteiger partial charge in [0.05, 0.1) is 21.9 Å². The maximum Gasteiger partial charge on any atom is 0.337 e. The van der Waals surface area contributed by atoms with E-state index in [1.165, 1.54) is 23.5 Å². The highest BCUT2D eigenvalue weighted by Crippen LogP contribution is 2.29. The average molecular weight is 307 g/mol. The number of carbonyl (C=O) groups is 1. The monoisotopic (exact) mass is 307 g/mol. The molecule has 0 saturated heterocycles. The molecule has 1 aromatic heterocycles. The lowest BCUT2D eigenvalue weighted by Gasteiger charge is -2.06. The molecule has 0 amide bonds. The number of hydrogen-bond donors (Lipinski definition) is 2. The van der Waals surface area contributed by atoms with E-state index in [-0.39, 0.29) is 22.9 Å². The summed E-state index contributed by atoms with van der Waals surface area (Å²) in [6.07, 6.45) is 0. The van der Waals surface area contributed by atoms with Crippen LogP contribution in [0.1, 0.15) is 35.8 Å². The van der Waals surface area contributed by atoms with E-state index in [0.717, 1.165) is 11.8 Å². The van der Waals surface area contributed by atoms with E-state index in [1.54, 1.807) is 0 Å². The van der Waals surface area contributed by atoms with Crippen LogP contribution in [0.4, 0.5) is 16.5 Å². The first kappa shape index (κ1) is 14.9. The van der Waals surface area contributed by atoms with Gasteiger partial charge in [-0.1, -0.05) is 13.8 Å². The minimum absolute atomic E-state index is 0.0399. The second-order valence-corrected chi connectivity index (χ2v) is 5.51. The van der Waals surface area contributed by atoms with Gasteiger partial charge >= 0.3 is 5.97 Å². The van der Waals surface area contributed by atoms with Crippen LogP contribution >= 0.6 is 11.3 Å². The summed E-state index contributed by atoms with van der Waals surface area (Å²) >= 11 is 1.32. The first-order valence-corrected chi connectivity index (χ1v) is 7.00.